The first kappa shape index (κ1) is 24.7. The molecule has 2 aromatic carbocycles. The van der Waals surface area contributed by atoms with E-state index in [1.807, 2.05) is 24.3 Å². The fourth-order valence-corrected chi connectivity index (χ4v) is 4.95. The van der Waals surface area contributed by atoms with E-state index >= 15 is 0 Å². The Morgan fingerprint density at radius 2 is 1.62 bits per heavy atom. The third-order valence-electron chi connectivity index (χ3n) is 7.27. The first-order chi connectivity index (χ1) is 17.8. The number of ketones is 1. The van der Waals surface area contributed by atoms with Gasteiger partial charge in [0.1, 0.15) is 5.75 Å². The summed E-state index contributed by atoms with van der Waals surface area (Å²) in [6, 6.07) is 14.6. The van der Waals surface area contributed by atoms with Gasteiger partial charge in [-0.05, 0) is 68.6 Å². The molecule has 1 aliphatic heterocycles. The number of carbonyl (C=O) groups is 1. The molecule has 1 unspecified atom stereocenters. The van der Waals surface area contributed by atoms with Crippen molar-refractivity contribution in [2.45, 2.75) is 32.4 Å². The van der Waals surface area contributed by atoms with Crippen LogP contribution in [0.1, 0.15) is 41.3 Å². The van der Waals surface area contributed by atoms with E-state index in [0.717, 1.165) is 41.8 Å². The summed E-state index contributed by atoms with van der Waals surface area (Å²) >= 11 is 0. The maximum absolute atomic E-state index is 13.0. The van der Waals surface area contributed by atoms with Crippen molar-refractivity contribution in [2.75, 3.05) is 13.1 Å². The van der Waals surface area contributed by atoms with Crippen LogP contribution in [0.2, 0.25) is 0 Å². The molecule has 37 heavy (non-hydrogen) atoms. The van der Waals surface area contributed by atoms with Gasteiger partial charge in [0.25, 0.3) is 5.56 Å². The Balaban J connectivity index is 1.28. The maximum atomic E-state index is 13.0. The van der Waals surface area contributed by atoms with Crippen LogP contribution in [0.15, 0.2) is 64.4 Å². The number of hydrogen-bond donors (Lipinski definition) is 1. The SMILES string of the molecule is CC(Oc1ccc(C(=O)c2ccc(Cn3cnc4c3c(=O)n(C)c(=O)n4C)cc2)cc1)C1CCNCC1. The van der Waals surface area contributed by atoms with Crippen LogP contribution in [0.5, 0.6) is 5.75 Å². The molecule has 1 fully saturated rings. The van der Waals surface area contributed by atoms with Crippen molar-refractivity contribution < 1.29 is 9.53 Å². The smallest absolute Gasteiger partial charge is 0.332 e. The second-order valence-electron chi connectivity index (χ2n) is 9.71. The normalized spacial score (nSPS) is 15.1. The van der Waals surface area contributed by atoms with Crippen LogP contribution >= 0.6 is 0 Å². The van der Waals surface area contributed by atoms with E-state index in [2.05, 4.69) is 17.2 Å². The molecule has 5 rings (SSSR count). The summed E-state index contributed by atoms with van der Waals surface area (Å²) in [6.07, 6.45) is 3.91. The minimum absolute atomic E-state index is 0.0681. The Morgan fingerprint density at radius 3 is 2.27 bits per heavy atom. The number of nitrogens with zero attached hydrogens (tertiary/aromatic N) is 4. The lowest BCUT2D eigenvalue weighted by Crippen LogP contribution is -2.37. The first-order valence-corrected chi connectivity index (χ1v) is 12.6. The molecule has 0 saturated carbocycles. The minimum Gasteiger partial charge on any atom is -0.490 e. The largest absolute Gasteiger partial charge is 0.490 e. The molecule has 1 saturated heterocycles. The van der Waals surface area contributed by atoms with Crippen LogP contribution in [0.25, 0.3) is 11.2 Å². The summed E-state index contributed by atoms with van der Waals surface area (Å²) in [6.45, 7) is 4.56. The summed E-state index contributed by atoms with van der Waals surface area (Å²) < 4.78 is 10.3. The van der Waals surface area contributed by atoms with E-state index in [-0.39, 0.29) is 17.4 Å². The van der Waals surface area contributed by atoms with Gasteiger partial charge in [-0.3, -0.25) is 18.7 Å². The number of rotatable bonds is 7. The standard InChI is InChI=1S/C28H31N5O4/c1-18(20-12-14-29-15-13-20)37-23-10-8-22(9-11-23)25(34)21-6-4-19(5-7-21)16-33-17-30-26-24(33)27(35)32(3)28(36)31(26)2/h4-11,17-18,20,29H,12-16H2,1-3H3. The third kappa shape index (κ3) is 4.86. The van der Waals surface area contributed by atoms with Gasteiger partial charge in [0.2, 0.25) is 0 Å². The van der Waals surface area contributed by atoms with Gasteiger partial charge < -0.3 is 14.6 Å². The number of ether oxygens (including phenoxy) is 1. The molecule has 1 N–H and O–H groups in total. The topological polar surface area (TPSA) is 100 Å². The Morgan fingerprint density at radius 1 is 1.00 bits per heavy atom. The van der Waals surface area contributed by atoms with Gasteiger partial charge in [0, 0.05) is 31.8 Å². The number of carbonyl (C=O) groups excluding carboxylic acids is 1. The fraction of sp³-hybridized carbons (Fsp3) is 0.357. The number of aryl methyl sites for hydroxylation is 1. The molecular formula is C28H31N5O4. The number of hydrogen-bond acceptors (Lipinski definition) is 6. The van der Waals surface area contributed by atoms with Gasteiger partial charge in [0.05, 0.1) is 12.4 Å². The maximum Gasteiger partial charge on any atom is 0.332 e. The molecule has 1 atom stereocenters. The highest BCUT2D eigenvalue weighted by molar-refractivity contribution is 6.09. The van der Waals surface area contributed by atoms with Crippen molar-refractivity contribution in [3.05, 3.63) is 92.4 Å². The third-order valence-corrected chi connectivity index (χ3v) is 7.27. The van der Waals surface area contributed by atoms with E-state index in [9.17, 15) is 14.4 Å². The molecule has 2 aromatic heterocycles. The summed E-state index contributed by atoms with van der Waals surface area (Å²) in [5.41, 5.74) is 1.98. The Bertz CT molecular complexity index is 1540. The molecule has 1 aliphatic rings. The van der Waals surface area contributed by atoms with Crippen LogP contribution in [0.3, 0.4) is 0 Å². The Hall–Kier alpha value is -3.98. The average Bonchev–Trinajstić information content (AvgIpc) is 3.35. The number of imidazole rings is 1. The van der Waals surface area contributed by atoms with Gasteiger partial charge in [-0.15, -0.1) is 0 Å². The molecule has 0 bridgehead atoms. The molecule has 0 amide bonds. The monoisotopic (exact) mass is 501 g/mol. The number of nitrogens with one attached hydrogen (secondary N) is 1. The number of piperidine rings is 1. The molecule has 0 spiro atoms. The van der Waals surface area contributed by atoms with E-state index in [4.69, 9.17) is 4.74 Å². The number of benzene rings is 2. The van der Waals surface area contributed by atoms with Crippen molar-refractivity contribution in [3.63, 3.8) is 0 Å². The summed E-state index contributed by atoms with van der Waals surface area (Å²) in [5, 5.41) is 3.38. The zero-order valence-electron chi connectivity index (χ0n) is 21.3. The van der Waals surface area contributed by atoms with Crippen molar-refractivity contribution in [1.29, 1.82) is 0 Å². The second kappa shape index (κ2) is 10.2. The molecule has 3 heterocycles. The lowest BCUT2D eigenvalue weighted by molar-refractivity contribution is 0.103. The van der Waals surface area contributed by atoms with Crippen molar-refractivity contribution >= 4 is 16.9 Å². The number of aromatic nitrogens is 4. The minimum atomic E-state index is -0.415. The van der Waals surface area contributed by atoms with Crippen LogP contribution < -0.4 is 21.3 Å². The van der Waals surface area contributed by atoms with Gasteiger partial charge in [-0.25, -0.2) is 9.78 Å². The molecule has 192 valence electrons. The van der Waals surface area contributed by atoms with Crippen LogP contribution in [0, 0.1) is 5.92 Å². The average molecular weight is 502 g/mol. The van der Waals surface area contributed by atoms with Crippen molar-refractivity contribution in [3.8, 4) is 5.75 Å². The number of fused-ring (bicyclic) bond motifs is 1. The zero-order valence-corrected chi connectivity index (χ0v) is 21.3. The van der Waals surface area contributed by atoms with E-state index in [1.54, 1.807) is 42.2 Å². The fourth-order valence-electron chi connectivity index (χ4n) is 4.95. The predicted molar refractivity (Wildman–Crippen MR) is 141 cm³/mol. The molecule has 9 nitrogen and oxygen atoms in total. The van der Waals surface area contributed by atoms with Crippen molar-refractivity contribution in [2.24, 2.45) is 20.0 Å². The quantitative estimate of drug-likeness (QED) is 0.391. The Labute approximate surface area is 214 Å². The van der Waals surface area contributed by atoms with E-state index in [1.165, 1.54) is 11.6 Å². The van der Waals surface area contributed by atoms with E-state index < -0.39 is 5.69 Å². The van der Waals surface area contributed by atoms with Gasteiger partial charge in [-0.1, -0.05) is 24.3 Å². The molecule has 4 aromatic rings. The molecule has 9 heteroatoms. The van der Waals surface area contributed by atoms with Crippen molar-refractivity contribution in [1.82, 2.24) is 24.0 Å². The van der Waals surface area contributed by atoms with Gasteiger partial charge in [0.15, 0.2) is 16.9 Å². The molecule has 0 aliphatic carbocycles. The van der Waals surface area contributed by atoms with E-state index in [0.29, 0.717) is 34.8 Å². The van der Waals surface area contributed by atoms with Gasteiger partial charge in [-0.2, -0.15) is 0 Å². The van der Waals surface area contributed by atoms with Gasteiger partial charge >= 0.3 is 5.69 Å². The summed E-state index contributed by atoms with van der Waals surface area (Å²) in [4.78, 5) is 42.1. The lowest BCUT2D eigenvalue weighted by Gasteiger charge is -2.28. The Kier molecular flexibility index (Phi) is 6.80. The predicted octanol–water partition coefficient (Wildman–Crippen LogP) is 2.48. The lowest BCUT2D eigenvalue weighted by atomic mass is 9.93. The van der Waals surface area contributed by atoms with Crippen LogP contribution in [-0.2, 0) is 20.6 Å². The molecular weight excluding hydrogens is 470 g/mol. The highest BCUT2D eigenvalue weighted by Crippen LogP contribution is 2.23. The van der Waals surface area contributed by atoms with Crippen LogP contribution in [0.4, 0.5) is 0 Å². The second-order valence-corrected chi connectivity index (χ2v) is 9.71. The first-order valence-electron chi connectivity index (χ1n) is 12.6. The molecule has 0 radical (unpaired) electrons. The highest BCUT2D eigenvalue weighted by Gasteiger charge is 2.21. The summed E-state index contributed by atoms with van der Waals surface area (Å²) in [7, 11) is 3.05. The summed E-state index contributed by atoms with van der Waals surface area (Å²) in [5.74, 6) is 1.24. The highest BCUT2D eigenvalue weighted by atomic mass is 16.5. The van der Waals surface area contributed by atoms with Crippen LogP contribution in [-0.4, -0.2) is 43.7 Å². The zero-order chi connectivity index (χ0) is 26.1.